The topological polar surface area (TPSA) is 43.4 Å². The van der Waals surface area contributed by atoms with Crippen LogP contribution in [0.2, 0.25) is 0 Å². The molecule has 0 aliphatic carbocycles. The molecule has 1 atom stereocenters. The summed E-state index contributed by atoms with van der Waals surface area (Å²) in [4.78, 5) is 0. The van der Waals surface area contributed by atoms with E-state index in [0.29, 0.717) is 24.0 Å². The zero-order valence-corrected chi connectivity index (χ0v) is 10.3. The van der Waals surface area contributed by atoms with Crippen LogP contribution in [0, 0.1) is 5.92 Å². The maximum Gasteiger partial charge on any atom is 0.150 e. The maximum absolute atomic E-state index is 11.3. The van der Waals surface area contributed by atoms with Crippen molar-refractivity contribution in [2.75, 3.05) is 18.1 Å². The molecule has 0 N–H and O–H groups in total. The Kier molecular flexibility index (Phi) is 4.64. The zero-order valence-electron chi connectivity index (χ0n) is 9.53. The molecule has 0 bridgehead atoms. The van der Waals surface area contributed by atoms with Crippen LogP contribution in [0.4, 0.5) is 0 Å². The van der Waals surface area contributed by atoms with E-state index in [1.54, 1.807) is 6.26 Å². The Hall–Kier alpha value is -0.510. The van der Waals surface area contributed by atoms with Gasteiger partial charge in [-0.3, -0.25) is 0 Å². The summed E-state index contributed by atoms with van der Waals surface area (Å²) < 4.78 is 28.0. The lowest BCUT2D eigenvalue weighted by atomic mass is 10.0. The van der Waals surface area contributed by atoms with Gasteiger partial charge >= 0.3 is 0 Å². The number of allylic oxidation sites excluding steroid dienone is 1. The largest absolute Gasteiger partial charge is 0.501 e. The molecule has 0 radical (unpaired) electrons. The van der Waals surface area contributed by atoms with Crippen molar-refractivity contribution in [2.45, 2.75) is 33.1 Å². The van der Waals surface area contributed by atoms with Crippen LogP contribution in [-0.4, -0.2) is 26.5 Å². The van der Waals surface area contributed by atoms with Crippen LogP contribution in [0.25, 0.3) is 0 Å². The number of hydrogen-bond donors (Lipinski definition) is 0. The molecule has 1 aliphatic rings. The lowest BCUT2D eigenvalue weighted by molar-refractivity contribution is 0.219. The normalized spacial score (nSPS) is 24.5. The Balaban J connectivity index is 2.25. The van der Waals surface area contributed by atoms with E-state index < -0.39 is 9.84 Å². The number of ether oxygens (including phenoxy) is 1. The summed E-state index contributed by atoms with van der Waals surface area (Å²) >= 11 is 0. The van der Waals surface area contributed by atoms with Crippen molar-refractivity contribution >= 4 is 9.84 Å². The molecule has 1 unspecified atom stereocenters. The van der Waals surface area contributed by atoms with Gasteiger partial charge in [-0.25, -0.2) is 8.42 Å². The first-order valence-electron chi connectivity index (χ1n) is 5.45. The van der Waals surface area contributed by atoms with Crippen LogP contribution in [-0.2, 0) is 14.6 Å². The fourth-order valence-corrected chi connectivity index (χ4v) is 3.63. The Morgan fingerprint density at radius 1 is 1.47 bits per heavy atom. The quantitative estimate of drug-likeness (QED) is 0.551. The minimum absolute atomic E-state index is 0.300. The van der Waals surface area contributed by atoms with Gasteiger partial charge in [-0.1, -0.05) is 0 Å². The van der Waals surface area contributed by atoms with Gasteiger partial charge in [0, 0.05) is 0 Å². The second kappa shape index (κ2) is 5.54. The van der Waals surface area contributed by atoms with E-state index in [0.717, 1.165) is 24.8 Å². The van der Waals surface area contributed by atoms with Crippen molar-refractivity contribution in [1.82, 2.24) is 0 Å². The summed E-state index contributed by atoms with van der Waals surface area (Å²) in [6.07, 6.45) is 4.42. The standard InChI is InChI=1S/C11H20O3S/c1-10(2)8-14-6-5-11-4-3-7-15(12,13)9-11/h8,11H,3-7,9H2,1-2H3. The van der Waals surface area contributed by atoms with Crippen LogP contribution in [0.3, 0.4) is 0 Å². The number of rotatable bonds is 4. The van der Waals surface area contributed by atoms with Crippen molar-refractivity contribution in [3.63, 3.8) is 0 Å². The highest BCUT2D eigenvalue weighted by Crippen LogP contribution is 2.21. The van der Waals surface area contributed by atoms with Gasteiger partial charge in [0.2, 0.25) is 0 Å². The van der Waals surface area contributed by atoms with Gasteiger partial charge in [-0.15, -0.1) is 0 Å². The lowest BCUT2D eigenvalue weighted by Crippen LogP contribution is -2.25. The molecule has 1 heterocycles. The minimum Gasteiger partial charge on any atom is -0.501 e. The van der Waals surface area contributed by atoms with E-state index in [1.165, 1.54) is 0 Å². The lowest BCUT2D eigenvalue weighted by Gasteiger charge is -2.21. The Morgan fingerprint density at radius 3 is 2.80 bits per heavy atom. The molecular weight excluding hydrogens is 212 g/mol. The molecule has 88 valence electrons. The molecule has 1 fully saturated rings. The first-order valence-corrected chi connectivity index (χ1v) is 7.27. The van der Waals surface area contributed by atoms with Crippen LogP contribution in [0.5, 0.6) is 0 Å². The fraction of sp³-hybridized carbons (Fsp3) is 0.818. The second-order valence-electron chi connectivity index (χ2n) is 4.48. The summed E-state index contributed by atoms with van der Waals surface area (Å²) in [5, 5.41) is 0. The molecule has 1 aliphatic heterocycles. The summed E-state index contributed by atoms with van der Waals surface area (Å²) in [6, 6.07) is 0. The Labute approximate surface area is 92.4 Å². The maximum atomic E-state index is 11.3. The van der Waals surface area contributed by atoms with Crippen LogP contribution < -0.4 is 0 Å². The average Bonchev–Trinajstić information content (AvgIpc) is 2.10. The van der Waals surface area contributed by atoms with Gasteiger partial charge in [0.25, 0.3) is 0 Å². The monoisotopic (exact) mass is 232 g/mol. The van der Waals surface area contributed by atoms with E-state index in [9.17, 15) is 8.42 Å². The highest BCUT2D eigenvalue weighted by Gasteiger charge is 2.24. The fourth-order valence-electron chi connectivity index (χ4n) is 1.81. The SMILES string of the molecule is CC(C)=COCCC1CCCS(=O)(=O)C1. The highest BCUT2D eigenvalue weighted by molar-refractivity contribution is 7.91. The first kappa shape index (κ1) is 12.6. The zero-order chi connectivity index (χ0) is 11.3. The molecular formula is C11H20O3S. The molecule has 15 heavy (non-hydrogen) atoms. The van der Waals surface area contributed by atoms with Crippen molar-refractivity contribution in [3.8, 4) is 0 Å². The predicted molar refractivity (Wildman–Crippen MR) is 61.4 cm³/mol. The molecule has 4 heteroatoms. The van der Waals surface area contributed by atoms with Gasteiger partial charge in [0.05, 0.1) is 24.4 Å². The number of hydrogen-bond acceptors (Lipinski definition) is 3. The smallest absolute Gasteiger partial charge is 0.150 e. The molecule has 0 aromatic rings. The third-order valence-electron chi connectivity index (χ3n) is 2.52. The van der Waals surface area contributed by atoms with Crippen LogP contribution in [0.1, 0.15) is 33.1 Å². The molecule has 3 nitrogen and oxygen atoms in total. The van der Waals surface area contributed by atoms with E-state index in [2.05, 4.69) is 0 Å². The van der Waals surface area contributed by atoms with Gasteiger partial charge in [-0.05, 0) is 44.6 Å². The molecule has 0 saturated carbocycles. The first-order chi connectivity index (χ1) is 6.99. The van der Waals surface area contributed by atoms with Crippen molar-refractivity contribution < 1.29 is 13.2 Å². The average molecular weight is 232 g/mol. The van der Waals surface area contributed by atoms with E-state index >= 15 is 0 Å². The second-order valence-corrected chi connectivity index (χ2v) is 6.71. The summed E-state index contributed by atoms with van der Waals surface area (Å²) in [5.74, 6) is 1.03. The van der Waals surface area contributed by atoms with Crippen molar-refractivity contribution in [3.05, 3.63) is 11.8 Å². The van der Waals surface area contributed by atoms with Crippen molar-refractivity contribution in [1.29, 1.82) is 0 Å². The van der Waals surface area contributed by atoms with E-state index in [-0.39, 0.29) is 0 Å². The molecule has 0 aromatic carbocycles. The molecule has 0 aromatic heterocycles. The van der Waals surface area contributed by atoms with Crippen LogP contribution in [0.15, 0.2) is 11.8 Å². The molecule has 0 spiro atoms. The Morgan fingerprint density at radius 2 is 2.20 bits per heavy atom. The van der Waals surface area contributed by atoms with E-state index in [4.69, 9.17) is 4.74 Å². The van der Waals surface area contributed by atoms with Crippen LogP contribution >= 0.6 is 0 Å². The molecule has 0 amide bonds. The van der Waals surface area contributed by atoms with Crippen molar-refractivity contribution in [2.24, 2.45) is 5.92 Å². The number of sulfone groups is 1. The Bertz CT molecular complexity index is 313. The third kappa shape index (κ3) is 5.21. The molecule has 1 saturated heterocycles. The summed E-state index contributed by atoms with van der Waals surface area (Å²) in [5.41, 5.74) is 1.13. The third-order valence-corrected chi connectivity index (χ3v) is 4.41. The van der Waals surface area contributed by atoms with E-state index in [1.807, 2.05) is 13.8 Å². The van der Waals surface area contributed by atoms with Gasteiger partial charge in [0.15, 0.2) is 9.84 Å². The summed E-state index contributed by atoms with van der Waals surface area (Å²) in [7, 11) is -2.76. The van der Waals surface area contributed by atoms with Gasteiger partial charge in [-0.2, -0.15) is 0 Å². The highest BCUT2D eigenvalue weighted by atomic mass is 32.2. The van der Waals surface area contributed by atoms with Gasteiger partial charge < -0.3 is 4.74 Å². The summed E-state index contributed by atoms with van der Waals surface area (Å²) in [6.45, 7) is 4.58. The molecule has 1 rings (SSSR count). The predicted octanol–water partition coefficient (Wildman–Crippen LogP) is 2.14. The van der Waals surface area contributed by atoms with Gasteiger partial charge in [0.1, 0.15) is 0 Å². The minimum atomic E-state index is -2.76.